The fraction of sp³-hybridized carbons (Fsp3) is 0.458. The first kappa shape index (κ1) is 24.4. The molecule has 0 radical (unpaired) electrons. The van der Waals surface area contributed by atoms with E-state index in [9.17, 15) is 4.79 Å². The number of ketones is 1. The molecule has 0 fully saturated rings. The monoisotopic (exact) mass is 430 g/mol. The molecule has 2 aromatic rings. The average Bonchev–Trinajstić information content (AvgIpc) is 2.77. The maximum absolute atomic E-state index is 13.5. The molecule has 0 N–H and O–H groups in total. The summed E-state index contributed by atoms with van der Waals surface area (Å²) in [6.07, 6.45) is 0.0203. The molecule has 0 amide bonds. The van der Waals surface area contributed by atoms with Gasteiger partial charge in [-0.2, -0.15) is 0 Å². The van der Waals surface area contributed by atoms with Crippen LogP contribution in [0.25, 0.3) is 0 Å². The van der Waals surface area contributed by atoms with Crippen LogP contribution in [-0.4, -0.2) is 41.0 Å². The van der Waals surface area contributed by atoms with E-state index >= 15 is 0 Å². The molecule has 0 aliphatic rings. The molecule has 30 heavy (non-hydrogen) atoms. The lowest BCUT2D eigenvalue weighted by Crippen LogP contribution is -2.46. The zero-order chi connectivity index (χ0) is 21.8. The molecular weight excluding hydrogens is 396 g/mol. The average molecular weight is 431 g/mol. The second kappa shape index (κ2) is 12.8. The summed E-state index contributed by atoms with van der Waals surface area (Å²) in [5.74, 6) is -0.0323. The summed E-state index contributed by atoms with van der Waals surface area (Å²) in [7, 11) is -2.78. The number of benzene rings is 2. The second-order valence-corrected chi connectivity index (χ2v) is 9.48. The predicted molar refractivity (Wildman–Crippen MR) is 121 cm³/mol. The number of aryl methyl sites for hydroxylation is 1. The fourth-order valence-electron chi connectivity index (χ4n) is 3.53. The van der Waals surface area contributed by atoms with Crippen LogP contribution in [0.3, 0.4) is 0 Å². The minimum Gasteiger partial charge on any atom is -0.374 e. The highest BCUT2D eigenvalue weighted by Crippen LogP contribution is 2.27. The van der Waals surface area contributed by atoms with Gasteiger partial charge in [0.1, 0.15) is 6.10 Å². The van der Waals surface area contributed by atoms with E-state index in [0.717, 1.165) is 11.1 Å². The third kappa shape index (κ3) is 6.59. The molecule has 164 valence electrons. The minimum absolute atomic E-state index is 0.0323. The van der Waals surface area contributed by atoms with Gasteiger partial charge in [0.15, 0.2) is 5.78 Å². The molecule has 0 saturated carbocycles. The van der Waals surface area contributed by atoms with E-state index in [4.69, 9.17) is 18.0 Å². The summed E-state index contributed by atoms with van der Waals surface area (Å²) in [5.41, 5.74) is 2.49. The van der Waals surface area contributed by atoms with E-state index in [2.05, 4.69) is 0 Å². The molecule has 0 spiro atoms. The number of Topliss-reactive ketones (excluding diaryl/α,β-unsaturated/α-hetero) is 1. The normalized spacial score (nSPS) is 12.7. The van der Waals surface area contributed by atoms with Crippen molar-refractivity contribution >= 4 is 14.6 Å². The summed E-state index contributed by atoms with van der Waals surface area (Å²) < 4.78 is 23.8. The molecule has 1 unspecified atom stereocenters. The van der Waals surface area contributed by atoms with Crippen LogP contribution in [-0.2, 0) is 24.4 Å². The van der Waals surface area contributed by atoms with E-state index < -0.39 is 14.9 Å². The van der Waals surface area contributed by atoms with Crippen molar-refractivity contribution in [1.29, 1.82) is 0 Å². The lowest BCUT2D eigenvalue weighted by atomic mass is 9.95. The molecule has 2 aromatic carbocycles. The van der Waals surface area contributed by atoms with E-state index in [-0.39, 0.29) is 5.78 Å². The van der Waals surface area contributed by atoms with E-state index in [1.54, 1.807) is 0 Å². The Bertz CT molecular complexity index is 748. The first-order valence-electron chi connectivity index (χ1n) is 10.8. The molecule has 2 rings (SSSR count). The van der Waals surface area contributed by atoms with Crippen LogP contribution >= 0.6 is 0 Å². The molecule has 0 saturated heterocycles. The van der Waals surface area contributed by atoms with Gasteiger partial charge in [-0.3, -0.25) is 4.79 Å². The standard InChI is InChI=1S/C24H34O5Si/c1-5-26-24(21-15-10-9-11-16-21)23(25)22-17-13-12-14-20(22)18-19-30(27-6-2,28-7-3)29-8-4/h9-17,24H,5-8,18-19H2,1-4H3. The summed E-state index contributed by atoms with van der Waals surface area (Å²) in [6, 6.07) is 18.0. The van der Waals surface area contributed by atoms with Crippen molar-refractivity contribution in [3.05, 3.63) is 71.3 Å². The molecule has 0 aliphatic carbocycles. The van der Waals surface area contributed by atoms with Crippen LogP contribution < -0.4 is 0 Å². The lowest BCUT2D eigenvalue weighted by molar-refractivity contribution is 0.0451. The molecule has 0 aromatic heterocycles. The summed E-state index contributed by atoms with van der Waals surface area (Å²) in [6.45, 7) is 9.81. The number of carbonyl (C=O) groups is 1. The Labute approximate surface area is 181 Å². The van der Waals surface area contributed by atoms with Crippen molar-refractivity contribution in [2.75, 3.05) is 26.4 Å². The van der Waals surface area contributed by atoms with Crippen LogP contribution in [0.5, 0.6) is 0 Å². The topological polar surface area (TPSA) is 54.0 Å². The van der Waals surface area contributed by atoms with Crippen LogP contribution in [0.1, 0.15) is 55.3 Å². The molecule has 0 heterocycles. The van der Waals surface area contributed by atoms with Gasteiger partial charge in [-0.15, -0.1) is 0 Å². The fourth-order valence-corrected chi connectivity index (χ4v) is 6.10. The smallest absolute Gasteiger partial charge is 0.374 e. The number of rotatable bonds is 14. The van der Waals surface area contributed by atoms with Crippen molar-refractivity contribution in [3.8, 4) is 0 Å². The highest BCUT2D eigenvalue weighted by Gasteiger charge is 2.40. The van der Waals surface area contributed by atoms with Crippen LogP contribution in [0.4, 0.5) is 0 Å². The third-order valence-electron chi connectivity index (χ3n) is 4.75. The van der Waals surface area contributed by atoms with Crippen molar-refractivity contribution in [2.24, 2.45) is 0 Å². The first-order valence-corrected chi connectivity index (χ1v) is 12.7. The number of hydrogen-bond acceptors (Lipinski definition) is 5. The Morgan fingerprint density at radius 3 is 1.93 bits per heavy atom. The highest BCUT2D eigenvalue weighted by atomic mass is 28.4. The quantitative estimate of drug-likeness (QED) is 0.303. The molecule has 6 heteroatoms. The Kier molecular flexibility index (Phi) is 10.4. The number of hydrogen-bond donors (Lipinski definition) is 0. The maximum atomic E-state index is 13.5. The van der Waals surface area contributed by atoms with Gasteiger partial charge < -0.3 is 18.0 Å². The van der Waals surface area contributed by atoms with Crippen LogP contribution in [0.2, 0.25) is 6.04 Å². The van der Waals surface area contributed by atoms with E-state index in [0.29, 0.717) is 44.5 Å². The zero-order valence-electron chi connectivity index (χ0n) is 18.6. The summed E-state index contributed by atoms with van der Waals surface area (Å²) in [4.78, 5) is 13.5. The number of carbonyl (C=O) groups excluding carboxylic acids is 1. The number of ether oxygens (including phenoxy) is 1. The lowest BCUT2D eigenvalue weighted by Gasteiger charge is -2.28. The summed E-state index contributed by atoms with van der Waals surface area (Å²) >= 11 is 0. The van der Waals surface area contributed by atoms with Gasteiger partial charge in [-0.25, -0.2) is 0 Å². The third-order valence-corrected chi connectivity index (χ3v) is 7.80. The molecule has 0 bridgehead atoms. The van der Waals surface area contributed by atoms with E-state index in [1.165, 1.54) is 0 Å². The maximum Gasteiger partial charge on any atom is 0.501 e. The van der Waals surface area contributed by atoms with Gasteiger partial charge in [-0.1, -0.05) is 54.6 Å². The predicted octanol–water partition coefficient (Wildman–Crippen LogP) is 5.24. The van der Waals surface area contributed by atoms with Crippen molar-refractivity contribution in [1.82, 2.24) is 0 Å². The SMILES string of the molecule is CCOC(C(=O)c1ccccc1CC[Si](OCC)(OCC)OCC)c1ccccc1. The Hall–Kier alpha value is -1.83. The van der Waals surface area contributed by atoms with Crippen LogP contribution in [0.15, 0.2) is 54.6 Å². The Morgan fingerprint density at radius 1 is 0.800 bits per heavy atom. The highest BCUT2D eigenvalue weighted by molar-refractivity contribution is 6.60. The molecule has 0 aliphatic heterocycles. The van der Waals surface area contributed by atoms with Gasteiger partial charge in [-0.05, 0) is 45.2 Å². The minimum atomic E-state index is -2.78. The van der Waals surface area contributed by atoms with Gasteiger partial charge in [0.2, 0.25) is 0 Å². The van der Waals surface area contributed by atoms with Crippen molar-refractivity contribution < 1.29 is 22.8 Å². The van der Waals surface area contributed by atoms with Crippen molar-refractivity contribution in [2.45, 2.75) is 46.3 Å². The molecule has 1 atom stereocenters. The van der Waals surface area contributed by atoms with Gasteiger partial charge in [0, 0.05) is 38.0 Å². The molecule has 5 nitrogen and oxygen atoms in total. The second-order valence-electron chi connectivity index (χ2n) is 6.75. The largest absolute Gasteiger partial charge is 0.501 e. The summed E-state index contributed by atoms with van der Waals surface area (Å²) in [5, 5.41) is 0. The van der Waals surface area contributed by atoms with Gasteiger partial charge in [0.25, 0.3) is 0 Å². The Balaban J connectivity index is 2.28. The molecular formula is C24H34O5Si. The zero-order valence-corrected chi connectivity index (χ0v) is 19.6. The van der Waals surface area contributed by atoms with Crippen molar-refractivity contribution in [3.63, 3.8) is 0 Å². The first-order chi connectivity index (χ1) is 14.6. The van der Waals surface area contributed by atoms with Crippen LogP contribution in [0, 0.1) is 0 Å². The van der Waals surface area contributed by atoms with Gasteiger partial charge in [0.05, 0.1) is 0 Å². The van der Waals surface area contributed by atoms with Gasteiger partial charge >= 0.3 is 8.80 Å². The Morgan fingerprint density at radius 2 is 1.37 bits per heavy atom. The van der Waals surface area contributed by atoms with E-state index in [1.807, 2.05) is 82.3 Å².